The zero-order chi connectivity index (χ0) is 13.8. The number of hydrogen-bond acceptors (Lipinski definition) is 3. The van der Waals surface area contributed by atoms with Crippen LogP contribution in [0.3, 0.4) is 0 Å². The standard InChI is InChI=1S/C13H15ClN2O3/c14-10-3-1-2-4-11(10)19-6-5-16-8-9(13(15)18)7-12(16)17/h1-4,9H,5-8H2,(H2,15,18). The van der Waals surface area contributed by atoms with E-state index in [1.54, 1.807) is 17.0 Å². The molecule has 1 unspecified atom stereocenters. The molecular formula is C13H15ClN2O3. The van der Waals surface area contributed by atoms with E-state index >= 15 is 0 Å². The number of halogens is 1. The first-order chi connectivity index (χ1) is 9.08. The molecule has 0 radical (unpaired) electrons. The predicted molar refractivity (Wildman–Crippen MR) is 70.8 cm³/mol. The summed E-state index contributed by atoms with van der Waals surface area (Å²) in [7, 11) is 0. The highest BCUT2D eigenvalue weighted by atomic mass is 35.5. The van der Waals surface area contributed by atoms with Gasteiger partial charge < -0.3 is 15.4 Å². The molecule has 2 amide bonds. The SMILES string of the molecule is NC(=O)C1CC(=O)N(CCOc2ccccc2Cl)C1. The monoisotopic (exact) mass is 282 g/mol. The maximum Gasteiger partial charge on any atom is 0.223 e. The smallest absolute Gasteiger partial charge is 0.223 e. The Hall–Kier alpha value is -1.75. The first kappa shape index (κ1) is 13.7. The number of carbonyl (C=O) groups excluding carboxylic acids is 2. The summed E-state index contributed by atoms with van der Waals surface area (Å²) in [6, 6.07) is 7.14. The molecule has 1 aromatic rings. The van der Waals surface area contributed by atoms with E-state index in [4.69, 9.17) is 22.1 Å². The third-order valence-electron chi connectivity index (χ3n) is 3.07. The summed E-state index contributed by atoms with van der Waals surface area (Å²) < 4.78 is 5.50. The average molecular weight is 283 g/mol. The number of rotatable bonds is 5. The molecule has 102 valence electrons. The van der Waals surface area contributed by atoms with E-state index in [0.717, 1.165) is 0 Å². The Kier molecular flexibility index (Phi) is 4.27. The summed E-state index contributed by atoms with van der Waals surface area (Å²) in [6.07, 6.45) is 0.196. The first-order valence-electron chi connectivity index (χ1n) is 6.02. The second-order valence-corrected chi connectivity index (χ2v) is 4.83. The summed E-state index contributed by atoms with van der Waals surface area (Å²) in [4.78, 5) is 24.3. The first-order valence-corrected chi connectivity index (χ1v) is 6.40. The molecule has 0 spiro atoms. The lowest BCUT2D eigenvalue weighted by Gasteiger charge is -2.16. The number of benzene rings is 1. The number of carbonyl (C=O) groups is 2. The normalized spacial score (nSPS) is 18.7. The van der Waals surface area contributed by atoms with Gasteiger partial charge in [0.2, 0.25) is 11.8 Å². The molecule has 0 bridgehead atoms. The summed E-state index contributed by atoms with van der Waals surface area (Å²) >= 11 is 5.95. The number of hydrogen-bond donors (Lipinski definition) is 1. The highest BCUT2D eigenvalue weighted by Gasteiger charge is 2.32. The molecule has 6 heteroatoms. The number of amides is 2. The minimum atomic E-state index is -0.428. The average Bonchev–Trinajstić information content (AvgIpc) is 2.74. The van der Waals surface area contributed by atoms with E-state index in [-0.39, 0.29) is 18.2 Å². The van der Waals surface area contributed by atoms with Gasteiger partial charge in [-0.1, -0.05) is 23.7 Å². The van der Waals surface area contributed by atoms with Crippen molar-refractivity contribution in [2.75, 3.05) is 19.7 Å². The van der Waals surface area contributed by atoms with Crippen LogP contribution in [-0.4, -0.2) is 36.4 Å². The van der Waals surface area contributed by atoms with Crippen LogP contribution in [0.2, 0.25) is 5.02 Å². The highest BCUT2D eigenvalue weighted by Crippen LogP contribution is 2.23. The molecule has 1 aliphatic heterocycles. The number of ether oxygens (including phenoxy) is 1. The van der Waals surface area contributed by atoms with Gasteiger partial charge in [-0.25, -0.2) is 0 Å². The zero-order valence-electron chi connectivity index (χ0n) is 10.3. The second kappa shape index (κ2) is 5.93. The Morgan fingerprint density at radius 1 is 1.47 bits per heavy atom. The Morgan fingerprint density at radius 2 is 2.21 bits per heavy atom. The molecule has 1 atom stereocenters. The van der Waals surface area contributed by atoms with Gasteiger partial charge in [-0.2, -0.15) is 0 Å². The molecule has 1 aliphatic rings. The molecule has 1 fully saturated rings. The molecule has 5 nitrogen and oxygen atoms in total. The van der Waals surface area contributed by atoms with Crippen LogP contribution in [0.1, 0.15) is 6.42 Å². The van der Waals surface area contributed by atoms with Crippen molar-refractivity contribution in [2.45, 2.75) is 6.42 Å². The van der Waals surface area contributed by atoms with Crippen LogP contribution in [0, 0.1) is 5.92 Å². The van der Waals surface area contributed by atoms with Crippen molar-refractivity contribution in [2.24, 2.45) is 11.7 Å². The maximum atomic E-state index is 11.6. The van der Waals surface area contributed by atoms with Crippen molar-refractivity contribution in [3.05, 3.63) is 29.3 Å². The van der Waals surface area contributed by atoms with Gasteiger partial charge >= 0.3 is 0 Å². The second-order valence-electron chi connectivity index (χ2n) is 4.42. The van der Waals surface area contributed by atoms with Gasteiger partial charge in [0.15, 0.2) is 0 Å². The van der Waals surface area contributed by atoms with Crippen molar-refractivity contribution >= 4 is 23.4 Å². The van der Waals surface area contributed by atoms with Crippen LogP contribution in [0.4, 0.5) is 0 Å². The van der Waals surface area contributed by atoms with Gasteiger partial charge in [-0.3, -0.25) is 9.59 Å². The number of nitrogens with zero attached hydrogens (tertiary/aromatic N) is 1. The molecule has 1 aromatic carbocycles. The lowest BCUT2D eigenvalue weighted by Crippen LogP contribution is -2.31. The fraction of sp³-hybridized carbons (Fsp3) is 0.385. The number of primary amides is 1. The van der Waals surface area contributed by atoms with Gasteiger partial charge in [0.05, 0.1) is 17.5 Å². The molecule has 2 N–H and O–H groups in total. The fourth-order valence-electron chi connectivity index (χ4n) is 2.01. The molecule has 0 aliphatic carbocycles. The van der Waals surface area contributed by atoms with Crippen molar-refractivity contribution in [1.82, 2.24) is 4.90 Å². The number of likely N-dealkylation sites (tertiary alicyclic amines) is 1. The largest absolute Gasteiger partial charge is 0.490 e. The van der Waals surface area contributed by atoms with Gasteiger partial charge in [-0.05, 0) is 12.1 Å². The van der Waals surface area contributed by atoms with Crippen molar-refractivity contribution < 1.29 is 14.3 Å². The maximum absolute atomic E-state index is 11.6. The lowest BCUT2D eigenvalue weighted by molar-refractivity contribution is -0.128. The molecule has 2 rings (SSSR count). The van der Waals surface area contributed by atoms with E-state index in [9.17, 15) is 9.59 Å². The predicted octanol–water partition coefficient (Wildman–Crippen LogP) is 1.05. The Bertz CT molecular complexity index is 493. The van der Waals surface area contributed by atoms with E-state index < -0.39 is 5.91 Å². The fourth-order valence-corrected chi connectivity index (χ4v) is 2.20. The van der Waals surface area contributed by atoms with Gasteiger partial charge in [0, 0.05) is 13.0 Å². The van der Waals surface area contributed by atoms with E-state index in [1.807, 2.05) is 12.1 Å². The Balaban J connectivity index is 1.82. The lowest BCUT2D eigenvalue weighted by atomic mass is 10.1. The third kappa shape index (κ3) is 3.38. The van der Waals surface area contributed by atoms with Gasteiger partial charge in [-0.15, -0.1) is 0 Å². The summed E-state index contributed by atoms with van der Waals surface area (Å²) in [5, 5.41) is 0.533. The van der Waals surface area contributed by atoms with Crippen LogP contribution in [0.15, 0.2) is 24.3 Å². The summed E-state index contributed by atoms with van der Waals surface area (Å²) in [5.41, 5.74) is 5.20. The van der Waals surface area contributed by atoms with E-state index in [0.29, 0.717) is 30.5 Å². The molecule has 1 saturated heterocycles. The summed E-state index contributed by atoms with van der Waals surface area (Å²) in [5.74, 6) is -0.287. The molecule has 0 saturated carbocycles. The molecule has 0 aromatic heterocycles. The van der Waals surface area contributed by atoms with Crippen LogP contribution < -0.4 is 10.5 Å². The van der Waals surface area contributed by atoms with Crippen molar-refractivity contribution in [1.29, 1.82) is 0 Å². The van der Waals surface area contributed by atoms with E-state index in [1.165, 1.54) is 0 Å². The topological polar surface area (TPSA) is 72.6 Å². The van der Waals surface area contributed by atoms with Crippen molar-refractivity contribution in [3.63, 3.8) is 0 Å². The van der Waals surface area contributed by atoms with Crippen molar-refractivity contribution in [3.8, 4) is 5.75 Å². The third-order valence-corrected chi connectivity index (χ3v) is 3.38. The van der Waals surface area contributed by atoms with Gasteiger partial charge in [0.1, 0.15) is 12.4 Å². The van der Waals surface area contributed by atoms with Crippen LogP contribution >= 0.6 is 11.6 Å². The van der Waals surface area contributed by atoms with Crippen LogP contribution in [-0.2, 0) is 9.59 Å². The highest BCUT2D eigenvalue weighted by molar-refractivity contribution is 6.32. The van der Waals surface area contributed by atoms with Crippen LogP contribution in [0.25, 0.3) is 0 Å². The number of para-hydroxylation sites is 1. The minimum Gasteiger partial charge on any atom is -0.490 e. The minimum absolute atomic E-state index is 0.0634. The molecule has 1 heterocycles. The van der Waals surface area contributed by atoms with E-state index in [2.05, 4.69) is 0 Å². The van der Waals surface area contributed by atoms with Gasteiger partial charge in [0.25, 0.3) is 0 Å². The van der Waals surface area contributed by atoms with Crippen LogP contribution in [0.5, 0.6) is 5.75 Å². The Morgan fingerprint density at radius 3 is 2.84 bits per heavy atom. The number of nitrogens with two attached hydrogens (primary N) is 1. The zero-order valence-corrected chi connectivity index (χ0v) is 11.1. The summed E-state index contributed by atoms with van der Waals surface area (Å²) in [6.45, 7) is 1.13. The quantitative estimate of drug-likeness (QED) is 0.877. The molecular weight excluding hydrogens is 268 g/mol. The Labute approximate surface area is 116 Å². The molecule has 19 heavy (non-hydrogen) atoms.